The van der Waals surface area contributed by atoms with Crippen molar-refractivity contribution in [2.45, 2.75) is 26.7 Å². The van der Waals surface area contributed by atoms with Gasteiger partial charge in [0.2, 0.25) is 0 Å². The van der Waals surface area contributed by atoms with Gasteiger partial charge in [0.1, 0.15) is 11.5 Å². The molecular weight excluding hydrogens is 324 g/mol. The number of amides is 1. The average molecular weight is 346 g/mol. The van der Waals surface area contributed by atoms with Gasteiger partial charge >= 0.3 is 0 Å². The first-order chi connectivity index (χ1) is 12.5. The Balaban J connectivity index is 1.76. The highest BCUT2D eigenvalue weighted by Gasteiger charge is 2.12. The minimum absolute atomic E-state index is 0.272. The van der Waals surface area contributed by atoms with Crippen LogP contribution >= 0.6 is 0 Å². The number of aromatic nitrogens is 2. The van der Waals surface area contributed by atoms with Gasteiger partial charge in [0.15, 0.2) is 0 Å². The Morgan fingerprint density at radius 1 is 0.962 bits per heavy atom. The van der Waals surface area contributed by atoms with Gasteiger partial charge in [0, 0.05) is 11.4 Å². The van der Waals surface area contributed by atoms with Crippen molar-refractivity contribution in [3.05, 3.63) is 77.7 Å². The van der Waals surface area contributed by atoms with Crippen LogP contribution in [0, 0.1) is 6.92 Å². The number of carbonyl (C=O) groups excluding carboxylic acids is 1. The van der Waals surface area contributed by atoms with Gasteiger partial charge in [-0.2, -0.15) is 0 Å². The average Bonchev–Trinajstić information content (AvgIpc) is 2.64. The predicted octanol–water partition coefficient (Wildman–Crippen LogP) is 4.90. The fraction of sp³-hybridized carbons (Fsp3) is 0.190. The Labute approximate surface area is 153 Å². The molecule has 1 aromatic heterocycles. The van der Waals surface area contributed by atoms with Crippen LogP contribution < -0.4 is 10.6 Å². The van der Waals surface area contributed by atoms with E-state index >= 15 is 0 Å². The van der Waals surface area contributed by atoms with Crippen molar-refractivity contribution in [1.29, 1.82) is 0 Å². The third-order valence-electron chi connectivity index (χ3n) is 4.10. The molecular formula is C21H22N4O. The lowest BCUT2D eigenvalue weighted by atomic mass is 9.98. The van der Waals surface area contributed by atoms with Gasteiger partial charge in [-0.15, -0.1) is 0 Å². The molecule has 0 aliphatic rings. The second-order valence-corrected chi connectivity index (χ2v) is 6.43. The summed E-state index contributed by atoms with van der Waals surface area (Å²) >= 11 is 0. The highest BCUT2D eigenvalue weighted by Crippen LogP contribution is 2.29. The molecule has 0 aliphatic heterocycles. The van der Waals surface area contributed by atoms with Crippen molar-refractivity contribution >= 4 is 23.1 Å². The molecule has 5 nitrogen and oxygen atoms in total. The molecule has 0 bridgehead atoms. The summed E-state index contributed by atoms with van der Waals surface area (Å²) < 4.78 is 0. The Bertz CT molecular complexity index is 890. The van der Waals surface area contributed by atoms with Crippen LogP contribution in [0.4, 0.5) is 17.2 Å². The van der Waals surface area contributed by atoms with E-state index in [0.29, 0.717) is 11.7 Å². The molecule has 0 radical (unpaired) electrons. The summed E-state index contributed by atoms with van der Waals surface area (Å²) in [4.78, 5) is 20.8. The van der Waals surface area contributed by atoms with Crippen LogP contribution in [-0.4, -0.2) is 15.9 Å². The quantitative estimate of drug-likeness (QED) is 0.689. The van der Waals surface area contributed by atoms with Crippen molar-refractivity contribution in [2.24, 2.45) is 0 Å². The Hall–Kier alpha value is -3.21. The summed E-state index contributed by atoms with van der Waals surface area (Å²) in [5.41, 5.74) is 4.40. The molecule has 0 aliphatic carbocycles. The number of para-hydroxylation sites is 2. The zero-order valence-corrected chi connectivity index (χ0v) is 15.2. The maximum Gasteiger partial charge on any atom is 0.275 e. The molecule has 5 heteroatoms. The van der Waals surface area contributed by atoms with Gasteiger partial charge < -0.3 is 10.6 Å². The summed E-state index contributed by atoms with van der Waals surface area (Å²) in [5, 5.41) is 6.13. The smallest absolute Gasteiger partial charge is 0.275 e. The van der Waals surface area contributed by atoms with Crippen molar-refractivity contribution in [1.82, 2.24) is 9.97 Å². The van der Waals surface area contributed by atoms with Crippen molar-refractivity contribution in [3.63, 3.8) is 0 Å². The number of rotatable bonds is 5. The molecule has 26 heavy (non-hydrogen) atoms. The second kappa shape index (κ2) is 7.78. The van der Waals surface area contributed by atoms with Gasteiger partial charge in [0.25, 0.3) is 5.91 Å². The number of aryl methyl sites for hydroxylation is 1. The van der Waals surface area contributed by atoms with Crippen LogP contribution in [0.25, 0.3) is 0 Å². The molecule has 3 rings (SSSR count). The normalized spacial score (nSPS) is 10.6. The summed E-state index contributed by atoms with van der Waals surface area (Å²) in [6.07, 6.45) is 3.06. The van der Waals surface area contributed by atoms with Crippen LogP contribution in [0.2, 0.25) is 0 Å². The lowest BCUT2D eigenvalue weighted by Crippen LogP contribution is -2.14. The van der Waals surface area contributed by atoms with E-state index in [-0.39, 0.29) is 11.6 Å². The second-order valence-electron chi connectivity index (χ2n) is 6.43. The van der Waals surface area contributed by atoms with E-state index < -0.39 is 0 Å². The number of carbonyl (C=O) groups is 1. The van der Waals surface area contributed by atoms with Crippen LogP contribution in [0.3, 0.4) is 0 Å². The topological polar surface area (TPSA) is 66.9 Å². The van der Waals surface area contributed by atoms with Crippen LogP contribution in [0.1, 0.15) is 41.4 Å². The summed E-state index contributed by atoms with van der Waals surface area (Å²) in [5.74, 6) is 0.716. The first-order valence-electron chi connectivity index (χ1n) is 8.59. The lowest BCUT2D eigenvalue weighted by Gasteiger charge is -2.16. The molecule has 2 N–H and O–H groups in total. The maximum atomic E-state index is 12.2. The molecule has 0 spiro atoms. The van der Waals surface area contributed by atoms with Gasteiger partial charge in [-0.05, 0) is 36.1 Å². The third kappa shape index (κ3) is 4.06. The molecule has 132 valence electrons. The largest absolute Gasteiger partial charge is 0.338 e. The van der Waals surface area contributed by atoms with E-state index in [4.69, 9.17) is 0 Å². The van der Waals surface area contributed by atoms with Gasteiger partial charge in [-0.1, -0.05) is 50.2 Å². The first-order valence-corrected chi connectivity index (χ1v) is 8.59. The summed E-state index contributed by atoms with van der Waals surface area (Å²) in [7, 11) is 0. The molecule has 0 saturated carbocycles. The Morgan fingerprint density at radius 2 is 1.73 bits per heavy atom. The highest BCUT2D eigenvalue weighted by atomic mass is 16.1. The zero-order chi connectivity index (χ0) is 18.5. The van der Waals surface area contributed by atoms with Crippen LogP contribution in [0.5, 0.6) is 0 Å². The van der Waals surface area contributed by atoms with Gasteiger partial charge in [0.05, 0.1) is 12.4 Å². The fourth-order valence-corrected chi connectivity index (χ4v) is 2.70. The maximum absolute atomic E-state index is 12.2. The Kier molecular flexibility index (Phi) is 5.27. The summed E-state index contributed by atoms with van der Waals surface area (Å²) in [6.45, 7) is 6.37. The number of anilines is 3. The van der Waals surface area contributed by atoms with E-state index in [1.807, 2.05) is 30.3 Å². The first kappa shape index (κ1) is 17.6. The molecule has 0 unspecified atom stereocenters. The van der Waals surface area contributed by atoms with Crippen LogP contribution in [-0.2, 0) is 0 Å². The fourth-order valence-electron chi connectivity index (χ4n) is 2.70. The van der Waals surface area contributed by atoms with E-state index in [1.54, 1.807) is 6.20 Å². The predicted molar refractivity (Wildman–Crippen MR) is 105 cm³/mol. The van der Waals surface area contributed by atoms with Crippen molar-refractivity contribution in [3.8, 4) is 0 Å². The Morgan fingerprint density at radius 3 is 2.38 bits per heavy atom. The number of benzene rings is 2. The number of hydrogen-bond donors (Lipinski definition) is 2. The zero-order valence-electron chi connectivity index (χ0n) is 15.2. The molecule has 2 aromatic carbocycles. The van der Waals surface area contributed by atoms with Gasteiger partial charge in [-0.3, -0.25) is 4.79 Å². The molecule has 1 heterocycles. The number of nitrogens with zero attached hydrogens (tertiary/aromatic N) is 2. The minimum atomic E-state index is -0.283. The monoisotopic (exact) mass is 346 g/mol. The minimum Gasteiger partial charge on any atom is -0.338 e. The van der Waals surface area contributed by atoms with Crippen LogP contribution in [0.15, 0.2) is 60.9 Å². The van der Waals surface area contributed by atoms with Crippen molar-refractivity contribution < 1.29 is 4.79 Å². The van der Waals surface area contributed by atoms with Crippen molar-refractivity contribution in [2.75, 3.05) is 10.6 Å². The molecule has 1 amide bonds. The lowest BCUT2D eigenvalue weighted by molar-refractivity contribution is 0.102. The number of nitrogens with one attached hydrogen (secondary N) is 2. The standard InChI is InChI=1S/C21H22N4O/c1-14(2)17-11-7-8-15(3)20(17)25-19-13-22-18(12-23-19)21(26)24-16-9-5-4-6-10-16/h4-14H,1-3H3,(H,23,25)(H,24,26). The van der Waals surface area contributed by atoms with E-state index in [0.717, 1.165) is 16.9 Å². The molecule has 0 fully saturated rings. The molecule has 0 saturated heterocycles. The number of hydrogen-bond acceptors (Lipinski definition) is 4. The molecule has 0 atom stereocenters. The van der Waals surface area contributed by atoms with E-state index in [2.05, 4.69) is 59.6 Å². The highest BCUT2D eigenvalue weighted by molar-refractivity contribution is 6.02. The molecule has 3 aromatic rings. The summed E-state index contributed by atoms with van der Waals surface area (Å²) in [6, 6.07) is 15.5. The van der Waals surface area contributed by atoms with E-state index in [1.165, 1.54) is 11.8 Å². The third-order valence-corrected chi connectivity index (χ3v) is 4.10. The van der Waals surface area contributed by atoms with E-state index in [9.17, 15) is 4.79 Å². The van der Waals surface area contributed by atoms with Gasteiger partial charge in [-0.25, -0.2) is 9.97 Å². The SMILES string of the molecule is Cc1cccc(C(C)C)c1Nc1cnc(C(=O)Nc2ccccc2)cn1.